The summed E-state index contributed by atoms with van der Waals surface area (Å²) in [5, 5.41) is 2.97. The first-order chi connectivity index (χ1) is 8.34. The number of likely N-dealkylation sites (tertiary alicyclic amines) is 1. The molecule has 3 nitrogen and oxygen atoms in total. The Hall–Kier alpha value is -1.00. The molecule has 0 bridgehead atoms. The van der Waals surface area contributed by atoms with Crippen molar-refractivity contribution in [1.82, 2.24) is 4.90 Å². The summed E-state index contributed by atoms with van der Waals surface area (Å²) in [7, 11) is 0. The highest BCUT2D eigenvalue weighted by Gasteiger charge is 2.32. The van der Waals surface area contributed by atoms with Crippen LogP contribution in [0.5, 0.6) is 0 Å². The lowest BCUT2D eigenvalue weighted by Crippen LogP contribution is -2.45. The summed E-state index contributed by atoms with van der Waals surface area (Å²) < 4.78 is 0. The number of amides is 1. The van der Waals surface area contributed by atoms with E-state index in [-0.39, 0.29) is 11.3 Å². The Kier molecular flexibility index (Phi) is 3.07. The van der Waals surface area contributed by atoms with E-state index < -0.39 is 0 Å². The topological polar surface area (TPSA) is 32.3 Å². The highest BCUT2D eigenvalue weighted by Crippen LogP contribution is 2.37. The second kappa shape index (κ2) is 4.70. The molecule has 1 saturated heterocycles. The number of anilines is 1. The number of nitrogens with zero attached hydrogens (tertiary/aromatic N) is 1. The molecule has 4 heteroatoms. The number of carbonyl (C=O) groups is 1. The highest BCUT2D eigenvalue weighted by atomic mass is 32.2. The van der Waals surface area contributed by atoms with Gasteiger partial charge in [0.2, 0.25) is 0 Å². The number of rotatable bonds is 1. The zero-order valence-electron chi connectivity index (χ0n) is 9.69. The first kappa shape index (κ1) is 11.1. The molecular formula is C13H16N2OS. The number of thioether (sulfide) groups is 1. The van der Waals surface area contributed by atoms with E-state index in [1.807, 2.05) is 18.2 Å². The van der Waals surface area contributed by atoms with Crippen LogP contribution in [0.1, 0.15) is 19.3 Å². The van der Waals surface area contributed by atoms with Gasteiger partial charge in [0, 0.05) is 4.90 Å². The largest absolute Gasteiger partial charge is 0.323 e. The van der Waals surface area contributed by atoms with Gasteiger partial charge in [-0.3, -0.25) is 9.69 Å². The summed E-state index contributed by atoms with van der Waals surface area (Å²) in [4.78, 5) is 15.6. The van der Waals surface area contributed by atoms with Crippen LogP contribution < -0.4 is 5.32 Å². The van der Waals surface area contributed by atoms with Crippen LogP contribution in [0.4, 0.5) is 5.69 Å². The van der Waals surface area contributed by atoms with E-state index in [2.05, 4.69) is 16.3 Å². The van der Waals surface area contributed by atoms with Gasteiger partial charge in [-0.25, -0.2) is 0 Å². The van der Waals surface area contributed by atoms with Gasteiger partial charge in [0.05, 0.1) is 5.69 Å². The molecule has 17 heavy (non-hydrogen) atoms. The molecule has 0 aliphatic carbocycles. The van der Waals surface area contributed by atoms with Gasteiger partial charge in [0.1, 0.15) is 5.37 Å². The van der Waals surface area contributed by atoms with Crippen molar-refractivity contribution in [1.29, 1.82) is 0 Å². The third kappa shape index (κ3) is 2.19. The molecule has 0 aromatic heterocycles. The third-order valence-corrected chi connectivity index (χ3v) is 4.68. The second-order valence-corrected chi connectivity index (χ2v) is 5.67. The average Bonchev–Trinajstić information content (AvgIpc) is 2.39. The molecule has 1 fully saturated rings. The smallest absolute Gasteiger partial charge is 0.252 e. The van der Waals surface area contributed by atoms with Crippen LogP contribution in [0, 0.1) is 0 Å². The van der Waals surface area contributed by atoms with Gasteiger partial charge in [0.25, 0.3) is 5.91 Å². The summed E-state index contributed by atoms with van der Waals surface area (Å²) in [5.41, 5.74) is 0.954. The molecule has 1 atom stereocenters. The van der Waals surface area contributed by atoms with Gasteiger partial charge >= 0.3 is 0 Å². The predicted octanol–water partition coefficient (Wildman–Crippen LogP) is 2.54. The third-order valence-electron chi connectivity index (χ3n) is 3.33. The minimum absolute atomic E-state index is 0.0369. The number of para-hydroxylation sites is 1. The molecule has 0 spiro atoms. The zero-order valence-corrected chi connectivity index (χ0v) is 10.5. The van der Waals surface area contributed by atoms with Crippen molar-refractivity contribution in [3.8, 4) is 0 Å². The minimum atomic E-state index is -0.0369. The van der Waals surface area contributed by atoms with Crippen LogP contribution >= 0.6 is 11.8 Å². The van der Waals surface area contributed by atoms with E-state index in [1.54, 1.807) is 11.8 Å². The molecule has 90 valence electrons. The molecule has 1 aromatic rings. The van der Waals surface area contributed by atoms with Crippen LogP contribution in [-0.4, -0.2) is 29.3 Å². The number of benzene rings is 1. The van der Waals surface area contributed by atoms with Gasteiger partial charge in [-0.15, -0.1) is 0 Å². The number of nitrogens with one attached hydrogen (secondary N) is 1. The normalized spacial score (nSPS) is 25.2. The minimum Gasteiger partial charge on any atom is -0.323 e. The van der Waals surface area contributed by atoms with Crippen LogP contribution in [-0.2, 0) is 4.79 Å². The van der Waals surface area contributed by atoms with E-state index in [4.69, 9.17) is 0 Å². The van der Waals surface area contributed by atoms with Gasteiger partial charge in [0.15, 0.2) is 0 Å². The van der Waals surface area contributed by atoms with Crippen molar-refractivity contribution in [2.45, 2.75) is 29.5 Å². The number of carbonyl (C=O) groups excluding carboxylic acids is 1. The van der Waals surface area contributed by atoms with Gasteiger partial charge < -0.3 is 5.32 Å². The maximum atomic E-state index is 12.1. The number of hydrogen-bond acceptors (Lipinski definition) is 3. The molecule has 1 aromatic carbocycles. The Labute approximate surface area is 106 Å². The SMILES string of the molecule is O=C1Nc2ccccc2S[C@@H]1N1CCCCC1. The van der Waals surface area contributed by atoms with E-state index in [0.717, 1.165) is 18.8 Å². The number of hydrogen-bond donors (Lipinski definition) is 1. The van der Waals surface area contributed by atoms with Crippen molar-refractivity contribution in [2.24, 2.45) is 0 Å². The quantitative estimate of drug-likeness (QED) is 0.829. The molecule has 1 amide bonds. The molecule has 0 saturated carbocycles. The van der Waals surface area contributed by atoms with Crippen molar-refractivity contribution in [3.05, 3.63) is 24.3 Å². The Morgan fingerprint density at radius 3 is 2.76 bits per heavy atom. The van der Waals surface area contributed by atoms with E-state index >= 15 is 0 Å². The van der Waals surface area contributed by atoms with Crippen LogP contribution in [0.2, 0.25) is 0 Å². The van der Waals surface area contributed by atoms with Gasteiger partial charge in [-0.05, 0) is 38.1 Å². The molecule has 2 heterocycles. The summed E-state index contributed by atoms with van der Waals surface area (Å²) in [5.74, 6) is 0.135. The van der Waals surface area contributed by atoms with Crippen LogP contribution in [0.15, 0.2) is 29.2 Å². The van der Waals surface area contributed by atoms with E-state index in [9.17, 15) is 4.79 Å². The molecule has 0 unspecified atom stereocenters. The molecule has 0 radical (unpaired) electrons. The lowest BCUT2D eigenvalue weighted by molar-refractivity contribution is -0.118. The van der Waals surface area contributed by atoms with E-state index in [0.29, 0.717) is 0 Å². The monoisotopic (exact) mass is 248 g/mol. The second-order valence-electron chi connectivity index (χ2n) is 4.55. The fourth-order valence-electron chi connectivity index (χ4n) is 2.43. The molecule has 2 aliphatic heterocycles. The zero-order chi connectivity index (χ0) is 11.7. The molecule has 3 rings (SSSR count). The van der Waals surface area contributed by atoms with Crippen LogP contribution in [0.25, 0.3) is 0 Å². The van der Waals surface area contributed by atoms with Gasteiger partial charge in [-0.1, -0.05) is 30.3 Å². The van der Waals surface area contributed by atoms with Crippen molar-refractivity contribution < 1.29 is 4.79 Å². The molecule has 2 aliphatic rings. The van der Waals surface area contributed by atoms with Gasteiger partial charge in [-0.2, -0.15) is 0 Å². The highest BCUT2D eigenvalue weighted by molar-refractivity contribution is 8.00. The Morgan fingerprint density at radius 1 is 1.18 bits per heavy atom. The Morgan fingerprint density at radius 2 is 1.94 bits per heavy atom. The first-order valence-electron chi connectivity index (χ1n) is 6.15. The first-order valence-corrected chi connectivity index (χ1v) is 7.03. The molecular weight excluding hydrogens is 232 g/mol. The summed E-state index contributed by atoms with van der Waals surface area (Å²) in [6, 6.07) is 8.03. The number of fused-ring (bicyclic) bond motifs is 1. The maximum Gasteiger partial charge on any atom is 0.252 e. The summed E-state index contributed by atoms with van der Waals surface area (Å²) in [6.07, 6.45) is 3.73. The number of piperidine rings is 1. The fourth-order valence-corrected chi connectivity index (χ4v) is 3.60. The summed E-state index contributed by atoms with van der Waals surface area (Å²) in [6.45, 7) is 2.10. The predicted molar refractivity (Wildman–Crippen MR) is 70.1 cm³/mol. The van der Waals surface area contributed by atoms with Crippen molar-refractivity contribution in [2.75, 3.05) is 18.4 Å². The van der Waals surface area contributed by atoms with Crippen molar-refractivity contribution >= 4 is 23.4 Å². The maximum absolute atomic E-state index is 12.1. The fraction of sp³-hybridized carbons (Fsp3) is 0.462. The van der Waals surface area contributed by atoms with Crippen LogP contribution in [0.3, 0.4) is 0 Å². The lowest BCUT2D eigenvalue weighted by Gasteiger charge is -2.35. The Balaban J connectivity index is 1.81. The summed E-state index contributed by atoms with van der Waals surface area (Å²) >= 11 is 1.69. The lowest BCUT2D eigenvalue weighted by atomic mass is 10.1. The van der Waals surface area contributed by atoms with E-state index in [1.165, 1.54) is 24.2 Å². The average molecular weight is 248 g/mol. The standard InChI is InChI=1S/C13H16N2OS/c16-12-13(15-8-4-1-5-9-15)17-11-7-3-2-6-10(11)14-12/h2-3,6-7,13H,1,4-5,8-9H2,(H,14,16)/t13-/m0/s1. The molecule has 1 N–H and O–H groups in total. The van der Waals surface area contributed by atoms with Crippen molar-refractivity contribution in [3.63, 3.8) is 0 Å². The Bertz CT molecular complexity index is 429.